The van der Waals surface area contributed by atoms with Gasteiger partial charge in [0.25, 0.3) is 0 Å². The standard InChI is InChI=1S/C12H10N4O/c13-7-9-1-3-11(4-2-9)17-12-15-6-5-10(8-14)16-12/h1-6H,7,13H2. The van der Waals surface area contributed by atoms with E-state index in [2.05, 4.69) is 9.97 Å². The number of hydrogen-bond acceptors (Lipinski definition) is 5. The molecule has 0 atom stereocenters. The quantitative estimate of drug-likeness (QED) is 0.859. The number of nitriles is 1. The summed E-state index contributed by atoms with van der Waals surface area (Å²) in [6, 6.07) is 10.9. The normalized spacial score (nSPS) is 9.65. The van der Waals surface area contributed by atoms with Gasteiger partial charge in [0.2, 0.25) is 0 Å². The second kappa shape index (κ2) is 5.05. The van der Waals surface area contributed by atoms with Crippen molar-refractivity contribution in [1.29, 1.82) is 5.26 Å². The van der Waals surface area contributed by atoms with E-state index in [1.54, 1.807) is 12.1 Å². The zero-order valence-electron chi connectivity index (χ0n) is 9.00. The fraction of sp³-hybridized carbons (Fsp3) is 0.0833. The van der Waals surface area contributed by atoms with Gasteiger partial charge in [0.15, 0.2) is 0 Å². The molecule has 17 heavy (non-hydrogen) atoms. The van der Waals surface area contributed by atoms with Crippen LogP contribution in [-0.4, -0.2) is 9.97 Å². The van der Waals surface area contributed by atoms with E-state index in [-0.39, 0.29) is 11.7 Å². The molecule has 1 aromatic carbocycles. The average Bonchev–Trinajstić information content (AvgIpc) is 2.40. The zero-order chi connectivity index (χ0) is 12.1. The van der Waals surface area contributed by atoms with Crippen LogP contribution in [0.5, 0.6) is 11.8 Å². The van der Waals surface area contributed by atoms with Gasteiger partial charge in [-0.3, -0.25) is 0 Å². The number of aromatic nitrogens is 2. The minimum absolute atomic E-state index is 0.157. The molecule has 0 saturated heterocycles. The summed E-state index contributed by atoms with van der Waals surface area (Å²) in [5.74, 6) is 0.609. The third-order valence-electron chi connectivity index (χ3n) is 2.12. The molecular weight excluding hydrogens is 216 g/mol. The summed E-state index contributed by atoms with van der Waals surface area (Å²) in [4.78, 5) is 7.83. The summed E-state index contributed by atoms with van der Waals surface area (Å²) in [6.07, 6.45) is 1.48. The number of nitrogens with two attached hydrogens (primary N) is 1. The van der Waals surface area contributed by atoms with Gasteiger partial charge in [0.1, 0.15) is 17.5 Å². The van der Waals surface area contributed by atoms with Crippen LogP contribution in [0.1, 0.15) is 11.3 Å². The van der Waals surface area contributed by atoms with E-state index in [0.29, 0.717) is 12.3 Å². The van der Waals surface area contributed by atoms with E-state index in [0.717, 1.165) is 5.56 Å². The summed E-state index contributed by atoms with van der Waals surface area (Å²) in [5.41, 5.74) is 6.78. The molecule has 0 aliphatic rings. The highest BCUT2D eigenvalue weighted by Gasteiger charge is 2.01. The Balaban J connectivity index is 2.16. The van der Waals surface area contributed by atoms with E-state index < -0.39 is 0 Å². The lowest BCUT2D eigenvalue weighted by Gasteiger charge is -2.04. The summed E-state index contributed by atoms with van der Waals surface area (Å²) >= 11 is 0. The average molecular weight is 226 g/mol. The Morgan fingerprint density at radius 3 is 2.65 bits per heavy atom. The molecule has 0 bridgehead atoms. The highest BCUT2D eigenvalue weighted by molar-refractivity contribution is 5.29. The Bertz CT molecular complexity index is 545. The van der Waals surface area contributed by atoms with Crippen LogP contribution in [-0.2, 0) is 6.54 Å². The first kappa shape index (κ1) is 11.0. The van der Waals surface area contributed by atoms with Gasteiger partial charge >= 0.3 is 6.01 Å². The first-order chi connectivity index (χ1) is 8.31. The molecule has 5 nitrogen and oxygen atoms in total. The van der Waals surface area contributed by atoms with Crippen LogP contribution < -0.4 is 10.5 Å². The maximum Gasteiger partial charge on any atom is 0.323 e. The second-order valence-electron chi connectivity index (χ2n) is 3.29. The lowest BCUT2D eigenvalue weighted by atomic mass is 10.2. The predicted octanol–water partition coefficient (Wildman–Crippen LogP) is 1.60. The number of rotatable bonds is 3. The minimum Gasteiger partial charge on any atom is -0.424 e. The summed E-state index contributed by atoms with van der Waals surface area (Å²) in [6.45, 7) is 0.487. The smallest absolute Gasteiger partial charge is 0.323 e. The molecule has 2 rings (SSSR count). The Morgan fingerprint density at radius 1 is 1.24 bits per heavy atom. The largest absolute Gasteiger partial charge is 0.424 e. The predicted molar refractivity (Wildman–Crippen MR) is 61.2 cm³/mol. The number of hydrogen-bond donors (Lipinski definition) is 1. The van der Waals surface area contributed by atoms with Crippen molar-refractivity contribution in [3.8, 4) is 17.8 Å². The van der Waals surface area contributed by atoms with Gasteiger partial charge in [-0.1, -0.05) is 12.1 Å². The Hall–Kier alpha value is -2.45. The molecule has 0 aliphatic carbocycles. The zero-order valence-corrected chi connectivity index (χ0v) is 9.00. The summed E-state index contributed by atoms with van der Waals surface area (Å²) in [5, 5.41) is 8.69. The molecule has 2 N–H and O–H groups in total. The van der Waals surface area contributed by atoms with Gasteiger partial charge in [-0.25, -0.2) is 4.98 Å². The first-order valence-corrected chi connectivity index (χ1v) is 5.02. The van der Waals surface area contributed by atoms with Gasteiger partial charge < -0.3 is 10.5 Å². The van der Waals surface area contributed by atoms with Crippen LogP contribution in [0.25, 0.3) is 0 Å². The molecule has 0 fully saturated rings. The van der Waals surface area contributed by atoms with E-state index in [9.17, 15) is 0 Å². The third-order valence-corrected chi connectivity index (χ3v) is 2.12. The Kier molecular flexibility index (Phi) is 3.28. The molecule has 0 amide bonds. The summed E-state index contributed by atoms with van der Waals surface area (Å²) < 4.78 is 5.41. The minimum atomic E-state index is 0.157. The molecule has 0 unspecified atom stereocenters. The Labute approximate surface area is 98.5 Å². The van der Waals surface area contributed by atoms with E-state index >= 15 is 0 Å². The van der Waals surface area contributed by atoms with Crippen molar-refractivity contribution >= 4 is 0 Å². The van der Waals surface area contributed by atoms with Crippen LogP contribution in [0, 0.1) is 11.3 Å². The van der Waals surface area contributed by atoms with Crippen molar-refractivity contribution in [3.05, 3.63) is 47.8 Å². The summed E-state index contributed by atoms with van der Waals surface area (Å²) in [7, 11) is 0. The van der Waals surface area contributed by atoms with Crippen molar-refractivity contribution in [2.45, 2.75) is 6.54 Å². The van der Waals surface area contributed by atoms with Gasteiger partial charge in [-0.05, 0) is 23.8 Å². The maximum atomic E-state index is 8.69. The highest BCUT2D eigenvalue weighted by atomic mass is 16.5. The molecule has 0 spiro atoms. The van der Waals surface area contributed by atoms with E-state index in [1.807, 2.05) is 18.2 Å². The molecule has 1 heterocycles. The lowest BCUT2D eigenvalue weighted by Crippen LogP contribution is -1.96. The maximum absolute atomic E-state index is 8.69. The van der Waals surface area contributed by atoms with Crippen molar-refractivity contribution < 1.29 is 4.74 Å². The molecule has 84 valence electrons. The number of benzene rings is 1. The number of ether oxygens (including phenoxy) is 1. The van der Waals surface area contributed by atoms with Gasteiger partial charge in [-0.2, -0.15) is 10.2 Å². The fourth-order valence-electron chi connectivity index (χ4n) is 1.25. The van der Waals surface area contributed by atoms with Gasteiger partial charge in [-0.15, -0.1) is 0 Å². The fourth-order valence-corrected chi connectivity index (χ4v) is 1.25. The van der Waals surface area contributed by atoms with Crippen molar-refractivity contribution in [2.75, 3.05) is 0 Å². The van der Waals surface area contributed by atoms with E-state index in [1.165, 1.54) is 12.3 Å². The van der Waals surface area contributed by atoms with Crippen LogP contribution in [0.15, 0.2) is 36.5 Å². The molecule has 5 heteroatoms. The van der Waals surface area contributed by atoms with Crippen LogP contribution in [0.3, 0.4) is 0 Å². The molecule has 0 saturated carbocycles. The molecule has 1 aromatic heterocycles. The molecule has 2 aromatic rings. The van der Waals surface area contributed by atoms with Crippen LogP contribution in [0.2, 0.25) is 0 Å². The topological polar surface area (TPSA) is 84.8 Å². The second-order valence-corrected chi connectivity index (χ2v) is 3.29. The van der Waals surface area contributed by atoms with Gasteiger partial charge in [0.05, 0.1) is 0 Å². The molecule has 0 aliphatic heterocycles. The number of nitrogens with zero attached hydrogens (tertiary/aromatic N) is 3. The van der Waals surface area contributed by atoms with Crippen LogP contribution in [0.4, 0.5) is 0 Å². The lowest BCUT2D eigenvalue weighted by molar-refractivity contribution is 0.441. The molecular formula is C12H10N4O. The molecule has 0 radical (unpaired) electrons. The van der Waals surface area contributed by atoms with E-state index in [4.69, 9.17) is 15.7 Å². The van der Waals surface area contributed by atoms with Crippen molar-refractivity contribution in [1.82, 2.24) is 9.97 Å². The van der Waals surface area contributed by atoms with Crippen molar-refractivity contribution in [3.63, 3.8) is 0 Å². The first-order valence-electron chi connectivity index (χ1n) is 5.02. The highest BCUT2D eigenvalue weighted by Crippen LogP contribution is 2.17. The monoisotopic (exact) mass is 226 g/mol. The van der Waals surface area contributed by atoms with Crippen LogP contribution >= 0.6 is 0 Å². The third kappa shape index (κ3) is 2.77. The SMILES string of the molecule is N#Cc1ccnc(Oc2ccc(CN)cc2)n1. The Morgan fingerprint density at radius 2 is 2.00 bits per heavy atom. The van der Waals surface area contributed by atoms with Crippen molar-refractivity contribution in [2.24, 2.45) is 5.73 Å². The van der Waals surface area contributed by atoms with Gasteiger partial charge in [0, 0.05) is 12.7 Å².